The fourth-order valence-corrected chi connectivity index (χ4v) is 2.09. The van der Waals surface area contributed by atoms with Crippen LogP contribution in [-0.2, 0) is 25.5 Å². The van der Waals surface area contributed by atoms with Gasteiger partial charge >= 0.3 is 11.9 Å². The van der Waals surface area contributed by atoms with Gasteiger partial charge in [0, 0.05) is 9.99 Å². The summed E-state index contributed by atoms with van der Waals surface area (Å²) in [5.74, 6) is -2.25. The molecule has 0 aliphatic carbocycles. The van der Waals surface area contributed by atoms with Crippen LogP contribution in [0.3, 0.4) is 0 Å². The average Bonchev–Trinajstić information content (AvgIpc) is 2.46. The van der Waals surface area contributed by atoms with E-state index in [-0.39, 0.29) is 5.91 Å². The summed E-state index contributed by atoms with van der Waals surface area (Å²) in [6.07, 6.45) is 1.74. The number of aryl methyl sites for hydroxylation is 1. The molecule has 0 aliphatic heterocycles. The summed E-state index contributed by atoms with van der Waals surface area (Å²) in [5.41, 5.74) is 1.15. The molecule has 1 rings (SSSR count). The van der Waals surface area contributed by atoms with Gasteiger partial charge in [0.25, 0.3) is 0 Å². The Hall–Kier alpha value is -1.64. The number of amides is 1. The van der Waals surface area contributed by atoms with Crippen molar-refractivity contribution >= 4 is 40.4 Å². The van der Waals surface area contributed by atoms with Gasteiger partial charge < -0.3 is 15.2 Å². The highest BCUT2D eigenvalue weighted by atomic mass is 127. The largest absolute Gasteiger partial charge is 0.479 e. The van der Waals surface area contributed by atoms with Crippen LogP contribution in [0.1, 0.15) is 25.3 Å². The number of carbonyl (C=O) groups is 3. The Kier molecular flexibility index (Phi) is 7.86. The molecule has 0 saturated carbocycles. The Morgan fingerprint density at radius 3 is 2.50 bits per heavy atom. The molecule has 0 bridgehead atoms. The molecular formula is C15H18INO5. The van der Waals surface area contributed by atoms with Crippen molar-refractivity contribution in [2.75, 3.05) is 6.61 Å². The zero-order valence-corrected chi connectivity index (χ0v) is 14.3. The van der Waals surface area contributed by atoms with Crippen LogP contribution in [0.15, 0.2) is 24.3 Å². The van der Waals surface area contributed by atoms with Crippen LogP contribution in [-0.4, -0.2) is 35.6 Å². The smallest absolute Gasteiger partial charge is 0.341 e. The first-order chi connectivity index (χ1) is 10.4. The lowest BCUT2D eigenvalue weighted by molar-refractivity contribution is -0.156. The number of hydrogen-bond acceptors (Lipinski definition) is 4. The number of carboxylic acids is 1. The third-order valence-electron chi connectivity index (χ3n) is 2.85. The molecule has 1 atom stereocenters. The summed E-state index contributed by atoms with van der Waals surface area (Å²) < 4.78 is 5.66. The molecule has 7 heteroatoms. The minimum atomic E-state index is -1.23. The second-order valence-corrected chi connectivity index (χ2v) is 6.02. The molecular weight excluding hydrogens is 401 g/mol. The Bertz CT molecular complexity index is 529. The van der Waals surface area contributed by atoms with E-state index in [9.17, 15) is 14.4 Å². The number of ether oxygens (including phenoxy) is 1. The lowest BCUT2D eigenvalue weighted by Crippen LogP contribution is -2.40. The van der Waals surface area contributed by atoms with Crippen molar-refractivity contribution in [2.24, 2.45) is 0 Å². The predicted molar refractivity (Wildman–Crippen MR) is 88.3 cm³/mol. The van der Waals surface area contributed by atoms with E-state index in [2.05, 4.69) is 32.6 Å². The van der Waals surface area contributed by atoms with Crippen LogP contribution < -0.4 is 5.32 Å². The zero-order chi connectivity index (χ0) is 16.5. The molecule has 1 aromatic rings. The van der Waals surface area contributed by atoms with Crippen molar-refractivity contribution in [3.8, 4) is 0 Å². The van der Waals surface area contributed by atoms with Crippen molar-refractivity contribution in [1.82, 2.24) is 5.32 Å². The number of esters is 1. The molecule has 0 unspecified atom stereocenters. The van der Waals surface area contributed by atoms with E-state index in [0.29, 0.717) is 12.8 Å². The van der Waals surface area contributed by atoms with Crippen LogP contribution in [0.2, 0.25) is 0 Å². The number of halogens is 1. The van der Waals surface area contributed by atoms with Crippen molar-refractivity contribution in [3.63, 3.8) is 0 Å². The fraction of sp³-hybridized carbons (Fsp3) is 0.400. The van der Waals surface area contributed by atoms with E-state index >= 15 is 0 Å². The van der Waals surface area contributed by atoms with E-state index in [0.717, 1.165) is 15.6 Å². The zero-order valence-electron chi connectivity index (χ0n) is 12.2. The molecule has 0 aromatic heterocycles. The fourth-order valence-electron chi connectivity index (χ4n) is 1.73. The van der Waals surface area contributed by atoms with Crippen molar-refractivity contribution in [3.05, 3.63) is 33.4 Å². The first kappa shape index (κ1) is 18.4. The highest BCUT2D eigenvalue weighted by Gasteiger charge is 2.17. The lowest BCUT2D eigenvalue weighted by Gasteiger charge is -2.12. The maximum absolute atomic E-state index is 11.7. The van der Waals surface area contributed by atoms with E-state index in [1.807, 2.05) is 24.3 Å². The summed E-state index contributed by atoms with van der Waals surface area (Å²) in [5, 5.41) is 10.9. The molecule has 0 saturated heterocycles. The molecule has 0 heterocycles. The van der Waals surface area contributed by atoms with E-state index < -0.39 is 24.6 Å². The minimum absolute atomic E-state index is 0.259. The second kappa shape index (κ2) is 9.39. The monoisotopic (exact) mass is 419 g/mol. The van der Waals surface area contributed by atoms with Gasteiger partial charge in [-0.15, -0.1) is 0 Å². The highest BCUT2D eigenvalue weighted by Crippen LogP contribution is 2.09. The van der Waals surface area contributed by atoms with Crippen molar-refractivity contribution in [1.29, 1.82) is 0 Å². The average molecular weight is 419 g/mol. The molecule has 1 amide bonds. The second-order valence-electron chi connectivity index (χ2n) is 4.77. The van der Waals surface area contributed by atoms with Gasteiger partial charge in [-0.05, 0) is 60.1 Å². The maximum Gasteiger partial charge on any atom is 0.341 e. The SMILES string of the molecule is C[C@H](NC(=O)CCCc1ccc(I)cc1)C(=O)OCC(=O)O. The summed E-state index contributed by atoms with van der Waals surface area (Å²) in [6, 6.07) is 7.20. The number of benzene rings is 1. The Morgan fingerprint density at radius 2 is 1.91 bits per heavy atom. The van der Waals surface area contributed by atoms with Gasteiger partial charge in [-0.2, -0.15) is 0 Å². The highest BCUT2D eigenvalue weighted by molar-refractivity contribution is 14.1. The van der Waals surface area contributed by atoms with Crippen LogP contribution in [0.25, 0.3) is 0 Å². The van der Waals surface area contributed by atoms with Gasteiger partial charge in [0.15, 0.2) is 6.61 Å². The van der Waals surface area contributed by atoms with Crippen LogP contribution in [0.5, 0.6) is 0 Å². The van der Waals surface area contributed by atoms with Gasteiger partial charge in [-0.3, -0.25) is 4.79 Å². The number of aliphatic carboxylic acids is 1. The number of carbonyl (C=O) groups excluding carboxylic acids is 2. The van der Waals surface area contributed by atoms with E-state index in [1.54, 1.807) is 0 Å². The molecule has 6 nitrogen and oxygen atoms in total. The van der Waals surface area contributed by atoms with Gasteiger partial charge in [0.1, 0.15) is 6.04 Å². The Labute approximate surface area is 142 Å². The summed E-state index contributed by atoms with van der Waals surface area (Å²) in [4.78, 5) is 33.4. The minimum Gasteiger partial charge on any atom is -0.479 e. The van der Waals surface area contributed by atoms with E-state index in [1.165, 1.54) is 6.92 Å². The van der Waals surface area contributed by atoms with Crippen molar-refractivity contribution in [2.45, 2.75) is 32.2 Å². The molecule has 0 radical (unpaired) electrons. The number of rotatable bonds is 8. The summed E-state index contributed by atoms with van der Waals surface area (Å²) in [6.45, 7) is 0.757. The lowest BCUT2D eigenvalue weighted by atomic mass is 10.1. The number of nitrogens with one attached hydrogen (secondary N) is 1. The predicted octanol–water partition coefficient (Wildman–Crippen LogP) is 1.75. The quantitative estimate of drug-likeness (QED) is 0.495. The normalized spacial score (nSPS) is 11.5. The van der Waals surface area contributed by atoms with Gasteiger partial charge in [-0.1, -0.05) is 12.1 Å². The number of hydrogen-bond donors (Lipinski definition) is 2. The molecule has 22 heavy (non-hydrogen) atoms. The van der Waals surface area contributed by atoms with E-state index in [4.69, 9.17) is 5.11 Å². The molecule has 120 valence electrons. The molecule has 0 fully saturated rings. The first-order valence-electron chi connectivity index (χ1n) is 6.80. The van der Waals surface area contributed by atoms with Crippen LogP contribution >= 0.6 is 22.6 Å². The summed E-state index contributed by atoms with van der Waals surface area (Å²) in [7, 11) is 0. The van der Waals surface area contributed by atoms with Gasteiger partial charge in [0.05, 0.1) is 0 Å². The van der Waals surface area contributed by atoms with Crippen molar-refractivity contribution < 1.29 is 24.2 Å². The molecule has 2 N–H and O–H groups in total. The molecule has 0 aliphatic rings. The maximum atomic E-state index is 11.7. The first-order valence-corrected chi connectivity index (χ1v) is 7.88. The Morgan fingerprint density at radius 1 is 1.27 bits per heavy atom. The molecule has 0 spiro atoms. The summed E-state index contributed by atoms with van der Waals surface area (Å²) >= 11 is 2.23. The van der Waals surface area contributed by atoms with Gasteiger partial charge in [-0.25, -0.2) is 9.59 Å². The third kappa shape index (κ3) is 7.39. The van der Waals surface area contributed by atoms with Crippen LogP contribution in [0, 0.1) is 3.57 Å². The Balaban J connectivity index is 2.26. The topological polar surface area (TPSA) is 92.7 Å². The van der Waals surface area contributed by atoms with Gasteiger partial charge in [0.2, 0.25) is 5.91 Å². The third-order valence-corrected chi connectivity index (χ3v) is 3.57. The standard InChI is InChI=1S/C15H18INO5/c1-10(15(21)22-9-14(19)20)17-13(18)4-2-3-11-5-7-12(16)8-6-11/h5-8,10H,2-4,9H2,1H3,(H,17,18)(H,19,20)/t10-/m0/s1. The number of carboxylic acid groups (broad SMARTS) is 1. The molecule has 1 aromatic carbocycles. The van der Waals surface area contributed by atoms with Crippen LogP contribution in [0.4, 0.5) is 0 Å².